The number of aryl methyl sites for hydroxylation is 1. The van der Waals surface area contributed by atoms with Crippen LogP contribution in [0.3, 0.4) is 0 Å². The van der Waals surface area contributed by atoms with Crippen LogP contribution < -0.4 is 0 Å². The van der Waals surface area contributed by atoms with Crippen molar-refractivity contribution < 1.29 is 9.53 Å². The second-order valence-electron chi connectivity index (χ2n) is 7.61. The Morgan fingerprint density at radius 2 is 2.07 bits per heavy atom. The van der Waals surface area contributed by atoms with Crippen LogP contribution >= 0.6 is 0 Å². The van der Waals surface area contributed by atoms with Gasteiger partial charge < -0.3 is 9.64 Å². The van der Waals surface area contributed by atoms with E-state index in [0.29, 0.717) is 42.7 Å². The van der Waals surface area contributed by atoms with E-state index < -0.39 is 0 Å². The van der Waals surface area contributed by atoms with Gasteiger partial charge in [-0.05, 0) is 19.3 Å². The van der Waals surface area contributed by atoms with Gasteiger partial charge in [0.1, 0.15) is 5.82 Å². The highest BCUT2D eigenvalue weighted by atomic mass is 16.5. The van der Waals surface area contributed by atoms with Crippen LogP contribution in [-0.2, 0) is 4.74 Å². The minimum atomic E-state index is -0.00832. The van der Waals surface area contributed by atoms with E-state index in [-0.39, 0.29) is 12.0 Å². The molecule has 1 aromatic heterocycles. The van der Waals surface area contributed by atoms with E-state index in [9.17, 15) is 4.79 Å². The molecule has 0 radical (unpaired) electrons. The van der Waals surface area contributed by atoms with Gasteiger partial charge in [0.25, 0.3) is 5.91 Å². The number of rotatable bonds is 6. The van der Waals surface area contributed by atoms with Crippen molar-refractivity contribution in [2.45, 2.75) is 46.1 Å². The van der Waals surface area contributed by atoms with Crippen LogP contribution in [0.5, 0.6) is 0 Å². The number of amides is 1. The highest BCUT2D eigenvalue weighted by molar-refractivity contribution is 5.99. The van der Waals surface area contributed by atoms with Gasteiger partial charge in [-0.25, -0.2) is 9.97 Å². The fourth-order valence-electron chi connectivity index (χ4n) is 3.45. The molecule has 27 heavy (non-hydrogen) atoms. The number of aromatic nitrogens is 2. The first kappa shape index (κ1) is 19.5. The van der Waals surface area contributed by atoms with E-state index in [4.69, 9.17) is 4.74 Å². The fourth-order valence-corrected chi connectivity index (χ4v) is 3.45. The molecule has 1 atom stereocenters. The van der Waals surface area contributed by atoms with Gasteiger partial charge >= 0.3 is 0 Å². The second-order valence-corrected chi connectivity index (χ2v) is 7.61. The molecule has 0 spiro atoms. The average Bonchev–Trinajstić information content (AvgIpc) is 2.68. The van der Waals surface area contributed by atoms with Crippen molar-refractivity contribution in [3.63, 3.8) is 0 Å². The van der Waals surface area contributed by atoms with Crippen molar-refractivity contribution in [3.05, 3.63) is 47.9 Å². The molecule has 144 valence electrons. The number of morpholine rings is 1. The first-order valence-corrected chi connectivity index (χ1v) is 9.84. The van der Waals surface area contributed by atoms with E-state index in [2.05, 4.69) is 23.8 Å². The van der Waals surface area contributed by atoms with Gasteiger partial charge in [0.2, 0.25) is 0 Å². The minimum Gasteiger partial charge on any atom is -0.375 e. The van der Waals surface area contributed by atoms with Crippen molar-refractivity contribution in [2.75, 3.05) is 19.7 Å². The lowest BCUT2D eigenvalue weighted by molar-refractivity contribution is -0.0260. The van der Waals surface area contributed by atoms with Crippen LogP contribution in [0.25, 0.3) is 11.3 Å². The lowest BCUT2D eigenvalue weighted by Crippen LogP contribution is -2.45. The zero-order valence-electron chi connectivity index (χ0n) is 16.5. The van der Waals surface area contributed by atoms with E-state index in [1.807, 2.05) is 42.2 Å². The lowest BCUT2D eigenvalue weighted by atomic mass is 10.0. The maximum atomic E-state index is 13.2. The quantitative estimate of drug-likeness (QED) is 0.771. The number of hydrogen-bond donors (Lipinski definition) is 0. The SMILES string of the molecule is Cc1ncc(C(=O)N2CCO[C@@H](CCCC(C)C)C2)c(-c2ccccc2)n1. The average molecular weight is 367 g/mol. The van der Waals surface area contributed by atoms with Gasteiger partial charge in [-0.2, -0.15) is 0 Å². The Bertz CT molecular complexity index is 761. The van der Waals surface area contributed by atoms with Crippen molar-refractivity contribution in [1.29, 1.82) is 0 Å². The molecule has 1 amide bonds. The van der Waals surface area contributed by atoms with Crippen molar-refractivity contribution in [3.8, 4) is 11.3 Å². The Morgan fingerprint density at radius 3 is 2.81 bits per heavy atom. The summed E-state index contributed by atoms with van der Waals surface area (Å²) in [7, 11) is 0. The number of benzene rings is 1. The van der Waals surface area contributed by atoms with Gasteiger partial charge in [-0.1, -0.05) is 57.0 Å². The van der Waals surface area contributed by atoms with Crippen molar-refractivity contribution in [2.24, 2.45) is 5.92 Å². The smallest absolute Gasteiger partial charge is 0.257 e. The number of ether oxygens (including phenoxy) is 1. The highest BCUT2D eigenvalue weighted by Gasteiger charge is 2.27. The lowest BCUT2D eigenvalue weighted by Gasteiger charge is -2.33. The molecule has 1 aliphatic heterocycles. The van der Waals surface area contributed by atoms with Gasteiger partial charge in [-0.15, -0.1) is 0 Å². The maximum absolute atomic E-state index is 13.2. The molecule has 3 rings (SSSR count). The van der Waals surface area contributed by atoms with Crippen LogP contribution in [0.2, 0.25) is 0 Å². The summed E-state index contributed by atoms with van der Waals surface area (Å²) in [5, 5.41) is 0. The molecule has 2 heterocycles. The van der Waals surface area contributed by atoms with E-state index >= 15 is 0 Å². The monoisotopic (exact) mass is 367 g/mol. The Morgan fingerprint density at radius 1 is 1.30 bits per heavy atom. The summed E-state index contributed by atoms with van der Waals surface area (Å²) in [6, 6.07) is 9.84. The second kappa shape index (κ2) is 9.09. The van der Waals surface area contributed by atoms with E-state index in [1.165, 1.54) is 6.42 Å². The fraction of sp³-hybridized carbons (Fsp3) is 0.500. The van der Waals surface area contributed by atoms with Crippen molar-refractivity contribution in [1.82, 2.24) is 14.9 Å². The summed E-state index contributed by atoms with van der Waals surface area (Å²) < 4.78 is 5.88. The van der Waals surface area contributed by atoms with Crippen LogP contribution in [0.15, 0.2) is 36.5 Å². The molecule has 0 bridgehead atoms. The molecule has 0 unspecified atom stereocenters. The molecular weight excluding hydrogens is 338 g/mol. The summed E-state index contributed by atoms with van der Waals surface area (Å²) in [6.45, 7) is 8.16. The zero-order chi connectivity index (χ0) is 19.2. The molecule has 1 fully saturated rings. The van der Waals surface area contributed by atoms with Gasteiger partial charge in [-0.3, -0.25) is 4.79 Å². The molecule has 1 aromatic carbocycles. The summed E-state index contributed by atoms with van der Waals surface area (Å²) in [6.07, 6.45) is 5.10. The topological polar surface area (TPSA) is 55.3 Å². The Balaban J connectivity index is 1.75. The summed E-state index contributed by atoms with van der Waals surface area (Å²) in [5.41, 5.74) is 2.21. The van der Waals surface area contributed by atoms with Crippen LogP contribution in [0, 0.1) is 12.8 Å². The third-order valence-electron chi connectivity index (χ3n) is 4.92. The van der Waals surface area contributed by atoms with Crippen LogP contribution in [-0.4, -0.2) is 46.6 Å². The van der Waals surface area contributed by atoms with Crippen molar-refractivity contribution >= 4 is 5.91 Å². The van der Waals surface area contributed by atoms with E-state index in [1.54, 1.807) is 6.20 Å². The standard InChI is InChI=1S/C22H29N3O2/c1-16(2)8-7-11-19-15-25(12-13-27-19)22(26)20-14-23-17(3)24-21(20)18-9-5-4-6-10-18/h4-6,9-10,14,16,19H,7-8,11-13,15H2,1-3H3/t19-/m0/s1. The number of hydrogen-bond acceptors (Lipinski definition) is 4. The third kappa shape index (κ3) is 5.13. The number of carbonyl (C=O) groups is 1. The largest absolute Gasteiger partial charge is 0.375 e. The predicted molar refractivity (Wildman–Crippen MR) is 107 cm³/mol. The molecule has 5 nitrogen and oxygen atoms in total. The Labute approximate surface area is 161 Å². The van der Waals surface area contributed by atoms with Crippen LogP contribution in [0.4, 0.5) is 0 Å². The molecule has 0 aliphatic carbocycles. The molecule has 0 saturated carbocycles. The van der Waals surface area contributed by atoms with E-state index in [0.717, 1.165) is 18.4 Å². The Hall–Kier alpha value is -2.27. The van der Waals surface area contributed by atoms with Gasteiger partial charge in [0, 0.05) is 24.8 Å². The molecule has 1 saturated heterocycles. The summed E-state index contributed by atoms with van der Waals surface area (Å²) in [4.78, 5) is 24.0. The van der Waals surface area contributed by atoms with Gasteiger partial charge in [0.05, 0.1) is 24.0 Å². The predicted octanol–water partition coefficient (Wildman–Crippen LogP) is 4.12. The van der Waals surface area contributed by atoms with Crippen LogP contribution in [0.1, 0.15) is 49.3 Å². The molecule has 5 heteroatoms. The highest BCUT2D eigenvalue weighted by Crippen LogP contribution is 2.24. The summed E-state index contributed by atoms with van der Waals surface area (Å²) >= 11 is 0. The molecule has 2 aromatic rings. The van der Waals surface area contributed by atoms with Gasteiger partial charge in [0.15, 0.2) is 0 Å². The first-order valence-electron chi connectivity index (χ1n) is 9.84. The molecule has 1 aliphatic rings. The maximum Gasteiger partial charge on any atom is 0.257 e. The molecular formula is C22H29N3O2. The normalized spacial score (nSPS) is 17.3. The number of carbonyl (C=O) groups excluding carboxylic acids is 1. The molecule has 0 N–H and O–H groups in total. The third-order valence-corrected chi connectivity index (χ3v) is 4.92. The summed E-state index contributed by atoms with van der Waals surface area (Å²) in [5.74, 6) is 1.36. The minimum absolute atomic E-state index is 0.00832. The first-order chi connectivity index (χ1) is 13.0. The number of nitrogens with zero attached hydrogens (tertiary/aromatic N) is 3. The zero-order valence-corrected chi connectivity index (χ0v) is 16.5. The Kier molecular flexibility index (Phi) is 6.56.